The van der Waals surface area contributed by atoms with Crippen molar-refractivity contribution in [1.82, 2.24) is 15.0 Å². The predicted molar refractivity (Wildman–Crippen MR) is 232 cm³/mol. The smallest absolute Gasteiger partial charge is 0.164 e. The second-order valence-electron chi connectivity index (χ2n) is 17.1. The van der Waals surface area contributed by atoms with E-state index >= 15 is 0 Å². The fourth-order valence-corrected chi connectivity index (χ4v) is 12.0. The summed E-state index contributed by atoms with van der Waals surface area (Å²) in [6, 6.07) is 58.6. The molecule has 276 valence electrons. The molecule has 1 spiro atoms. The number of nitriles is 1. The van der Waals surface area contributed by atoms with E-state index in [9.17, 15) is 5.26 Å². The van der Waals surface area contributed by atoms with Gasteiger partial charge in [-0.3, -0.25) is 0 Å². The standard InChI is InChI=1S/C54H40N4/c55-32-40-22-24-44(46-15-8-7-14-43(40)46)39-23-25-48-47(31-39)50-45(16-9-17-49(50)54(48)41-27-33-26-34(29-41)30-42(54)28-33)35-18-20-38(21-19-35)53-57-51(36-10-3-1-4-11-36)56-52(58-53)37-12-5-2-6-13-37/h1-25,31,33-34,41-42H,26-30H2. The van der Waals surface area contributed by atoms with Gasteiger partial charge in [0.2, 0.25) is 0 Å². The lowest BCUT2D eigenvalue weighted by Gasteiger charge is -2.61. The lowest BCUT2D eigenvalue weighted by molar-refractivity contribution is -0.0399. The van der Waals surface area contributed by atoms with Gasteiger partial charge in [-0.05, 0) is 118 Å². The molecular weight excluding hydrogens is 705 g/mol. The van der Waals surface area contributed by atoms with E-state index in [0.717, 1.165) is 39.3 Å². The monoisotopic (exact) mass is 744 g/mol. The summed E-state index contributed by atoms with van der Waals surface area (Å²) in [5.74, 6) is 5.08. The van der Waals surface area contributed by atoms with Crippen molar-refractivity contribution in [2.24, 2.45) is 23.7 Å². The molecule has 4 heteroatoms. The Balaban J connectivity index is 1.02. The van der Waals surface area contributed by atoms with Crippen LogP contribution in [0.15, 0.2) is 158 Å². The molecule has 4 saturated carbocycles. The zero-order chi connectivity index (χ0) is 38.4. The predicted octanol–water partition coefficient (Wildman–Crippen LogP) is 13.0. The lowest BCUT2D eigenvalue weighted by Crippen LogP contribution is -2.55. The number of nitrogens with zero attached hydrogens (tertiary/aromatic N) is 4. The van der Waals surface area contributed by atoms with E-state index in [-0.39, 0.29) is 5.41 Å². The van der Waals surface area contributed by atoms with Gasteiger partial charge in [-0.25, -0.2) is 15.0 Å². The van der Waals surface area contributed by atoms with Crippen molar-refractivity contribution < 1.29 is 0 Å². The lowest BCUT2D eigenvalue weighted by atomic mass is 9.43. The van der Waals surface area contributed by atoms with E-state index in [4.69, 9.17) is 15.0 Å². The van der Waals surface area contributed by atoms with Crippen LogP contribution in [0.4, 0.5) is 0 Å². The number of hydrogen-bond donors (Lipinski definition) is 0. The molecule has 1 heterocycles. The van der Waals surface area contributed by atoms with Crippen LogP contribution in [0.1, 0.15) is 48.8 Å². The second kappa shape index (κ2) is 12.9. The van der Waals surface area contributed by atoms with E-state index < -0.39 is 0 Å². The van der Waals surface area contributed by atoms with Gasteiger partial charge < -0.3 is 0 Å². The molecule has 5 aliphatic rings. The maximum Gasteiger partial charge on any atom is 0.164 e. The van der Waals surface area contributed by atoms with Crippen LogP contribution in [-0.2, 0) is 5.41 Å². The largest absolute Gasteiger partial charge is 0.208 e. The van der Waals surface area contributed by atoms with Crippen LogP contribution in [0, 0.1) is 35.0 Å². The highest BCUT2D eigenvalue weighted by molar-refractivity contribution is 6.02. The third kappa shape index (κ3) is 4.96. The summed E-state index contributed by atoms with van der Waals surface area (Å²) in [6.07, 6.45) is 6.80. The van der Waals surface area contributed by atoms with Crippen molar-refractivity contribution in [1.29, 1.82) is 5.26 Å². The van der Waals surface area contributed by atoms with E-state index in [0.29, 0.717) is 34.9 Å². The van der Waals surface area contributed by atoms with Crippen molar-refractivity contribution in [2.45, 2.75) is 37.5 Å². The molecule has 0 amide bonds. The van der Waals surface area contributed by atoms with E-state index in [1.54, 1.807) is 0 Å². The molecule has 0 unspecified atom stereocenters. The summed E-state index contributed by atoms with van der Waals surface area (Å²) in [7, 11) is 0. The van der Waals surface area contributed by atoms with E-state index in [1.165, 1.54) is 76.6 Å². The van der Waals surface area contributed by atoms with Gasteiger partial charge in [0.15, 0.2) is 17.5 Å². The van der Waals surface area contributed by atoms with Crippen molar-refractivity contribution >= 4 is 10.8 Å². The second-order valence-corrected chi connectivity index (χ2v) is 17.1. The van der Waals surface area contributed by atoms with Crippen LogP contribution >= 0.6 is 0 Å². The quantitative estimate of drug-likeness (QED) is 0.176. The highest BCUT2D eigenvalue weighted by Crippen LogP contribution is 2.70. The highest BCUT2D eigenvalue weighted by atomic mass is 15.0. The fourth-order valence-electron chi connectivity index (χ4n) is 12.0. The SMILES string of the molecule is N#Cc1ccc(-c2ccc3c(c2)-c2c(-c4ccc(-c5nc(-c6ccccc6)nc(-c6ccccc6)n5)cc4)cccc2C32C3CC4CC(C3)CC2C4)c2ccccc12. The number of aromatic nitrogens is 3. The number of fused-ring (bicyclic) bond motifs is 4. The van der Waals surface area contributed by atoms with Crippen LogP contribution in [-0.4, -0.2) is 15.0 Å². The summed E-state index contributed by atoms with van der Waals surface area (Å²) >= 11 is 0. The number of rotatable bonds is 5. The first-order valence-electron chi connectivity index (χ1n) is 20.8. The average molecular weight is 745 g/mol. The molecule has 13 rings (SSSR count). The zero-order valence-electron chi connectivity index (χ0n) is 32.1. The summed E-state index contributed by atoms with van der Waals surface area (Å²) in [5, 5.41) is 12.1. The van der Waals surface area contributed by atoms with Crippen molar-refractivity contribution in [3.8, 4) is 73.6 Å². The normalized spacial score (nSPS) is 22.2. The molecular formula is C54H40N4. The molecule has 8 aromatic rings. The summed E-state index contributed by atoms with van der Waals surface area (Å²) in [6.45, 7) is 0. The average Bonchev–Trinajstić information content (AvgIpc) is 3.58. The Bertz CT molecular complexity index is 2880. The third-order valence-electron chi connectivity index (χ3n) is 14.2. The molecule has 5 aliphatic carbocycles. The molecule has 4 fully saturated rings. The maximum atomic E-state index is 9.95. The van der Waals surface area contributed by atoms with Gasteiger partial charge in [-0.15, -0.1) is 0 Å². The molecule has 58 heavy (non-hydrogen) atoms. The Morgan fingerprint density at radius 2 is 0.983 bits per heavy atom. The van der Waals surface area contributed by atoms with Gasteiger partial charge in [0.1, 0.15) is 0 Å². The van der Waals surface area contributed by atoms with Crippen LogP contribution in [0.3, 0.4) is 0 Å². The number of hydrogen-bond acceptors (Lipinski definition) is 4. The minimum Gasteiger partial charge on any atom is -0.208 e. The topological polar surface area (TPSA) is 62.5 Å². The Kier molecular flexibility index (Phi) is 7.45. The first-order chi connectivity index (χ1) is 28.7. The van der Waals surface area contributed by atoms with Crippen LogP contribution in [0.5, 0.6) is 0 Å². The Labute approximate surface area is 338 Å². The molecule has 7 aromatic carbocycles. The summed E-state index contributed by atoms with van der Waals surface area (Å²) in [5.41, 5.74) is 14.4. The third-order valence-corrected chi connectivity index (χ3v) is 14.2. The first-order valence-corrected chi connectivity index (χ1v) is 20.8. The van der Waals surface area contributed by atoms with E-state index in [1.807, 2.05) is 48.5 Å². The highest BCUT2D eigenvalue weighted by Gasteiger charge is 2.61. The molecule has 0 radical (unpaired) electrons. The molecule has 1 aromatic heterocycles. The Hall–Kier alpha value is -6.70. The zero-order valence-corrected chi connectivity index (χ0v) is 32.1. The van der Waals surface area contributed by atoms with Crippen molar-refractivity contribution in [3.63, 3.8) is 0 Å². The summed E-state index contributed by atoms with van der Waals surface area (Å²) < 4.78 is 0. The Morgan fingerprint density at radius 1 is 0.431 bits per heavy atom. The maximum absolute atomic E-state index is 9.95. The molecule has 0 atom stereocenters. The van der Waals surface area contributed by atoms with Crippen molar-refractivity contribution in [3.05, 3.63) is 174 Å². The van der Waals surface area contributed by atoms with Crippen molar-refractivity contribution in [2.75, 3.05) is 0 Å². The van der Waals surface area contributed by atoms with Gasteiger partial charge in [-0.1, -0.05) is 146 Å². The summed E-state index contributed by atoms with van der Waals surface area (Å²) in [4.78, 5) is 15.0. The Morgan fingerprint density at radius 3 is 1.60 bits per heavy atom. The van der Waals surface area contributed by atoms with Gasteiger partial charge in [0, 0.05) is 27.5 Å². The minimum atomic E-state index is 0.0475. The van der Waals surface area contributed by atoms with Gasteiger partial charge in [0.05, 0.1) is 11.6 Å². The molecule has 0 aliphatic heterocycles. The molecule has 0 N–H and O–H groups in total. The van der Waals surface area contributed by atoms with Crippen LogP contribution in [0.2, 0.25) is 0 Å². The van der Waals surface area contributed by atoms with Gasteiger partial charge in [-0.2, -0.15) is 5.26 Å². The van der Waals surface area contributed by atoms with Crippen LogP contribution < -0.4 is 0 Å². The molecule has 4 nitrogen and oxygen atoms in total. The van der Waals surface area contributed by atoms with Gasteiger partial charge >= 0.3 is 0 Å². The van der Waals surface area contributed by atoms with Crippen LogP contribution in [0.25, 0.3) is 78.3 Å². The number of benzene rings is 7. The van der Waals surface area contributed by atoms with E-state index in [2.05, 4.69) is 115 Å². The molecule has 0 saturated heterocycles. The first kappa shape index (κ1) is 33.4. The molecule has 4 bridgehead atoms. The van der Waals surface area contributed by atoms with Gasteiger partial charge in [0.25, 0.3) is 0 Å². The fraction of sp³-hybridized carbons (Fsp3) is 0.185. The minimum absolute atomic E-state index is 0.0475.